The van der Waals surface area contributed by atoms with Gasteiger partial charge in [-0.2, -0.15) is 0 Å². The summed E-state index contributed by atoms with van der Waals surface area (Å²) in [5.41, 5.74) is 1.39. The van der Waals surface area contributed by atoms with E-state index in [2.05, 4.69) is 117 Å². The summed E-state index contributed by atoms with van der Waals surface area (Å²) in [6.45, 7) is 2.58. The van der Waals surface area contributed by atoms with E-state index in [4.69, 9.17) is 0 Å². The maximum absolute atomic E-state index is 2.60. The van der Waals surface area contributed by atoms with Crippen molar-refractivity contribution in [3.63, 3.8) is 0 Å². The van der Waals surface area contributed by atoms with Crippen molar-refractivity contribution in [3.8, 4) is 0 Å². The zero-order chi connectivity index (χ0) is 18.2. The fraction of sp³-hybridized carbons (Fsp3) is 0.160. The molecule has 0 aliphatic rings. The highest BCUT2D eigenvalue weighted by molar-refractivity contribution is 7.94. The first-order valence-corrected chi connectivity index (χ1v) is 11.1. The van der Waals surface area contributed by atoms with E-state index in [9.17, 15) is 0 Å². The fourth-order valence-electron chi connectivity index (χ4n) is 3.39. The summed E-state index contributed by atoms with van der Waals surface area (Å²) in [6.07, 6.45) is 4.51. The lowest BCUT2D eigenvalue weighted by molar-refractivity contribution is 1.10. The molecule has 0 heterocycles. The van der Waals surface area contributed by atoms with Gasteiger partial charge in [-0.05, 0) is 49.5 Å². The van der Waals surface area contributed by atoms with Crippen molar-refractivity contribution in [3.05, 3.63) is 103 Å². The molecule has 26 heavy (non-hydrogen) atoms. The van der Waals surface area contributed by atoms with Crippen LogP contribution in [0.4, 0.5) is 0 Å². The molecular formula is C25H27P. The number of hydrogen-bond acceptors (Lipinski definition) is 0. The molecule has 3 aromatic carbocycles. The Hall–Kier alpha value is -2.30. The number of unbranched alkanes of at least 4 members (excludes halogenated alkanes) is 1. The van der Waals surface area contributed by atoms with Gasteiger partial charge in [0.15, 0.2) is 0 Å². The predicted octanol–water partition coefficient (Wildman–Crippen LogP) is 5.53. The lowest BCUT2D eigenvalue weighted by atomic mass is 10.2. The minimum Gasteiger partial charge on any atom is -0.0856 e. The Labute approximate surface area is 158 Å². The fourth-order valence-corrected chi connectivity index (χ4v) is 7.38. The first kappa shape index (κ1) is 18.5. The summed E-state index contributed by atoms with van der Waals surface area (Å²) in [7, 11) is 0. The van der Waals surface area contributed by atoms with Crippen LogP contribution in [0.5, 0.6) is 0 Å². The monoisotopic (exact) mass is 358 g/mol. The molecule has 3 rings (SSSR count). The van der Waals surface area contributed by atoms with Crippen LogP contribution >= 0.6 is 6.89 Å². The van der Waals surface area contributed by atoms with Gasteiger partial charge in [-0.3, -0.25) is 0 Å². The Morgan fingerprint density at radius 3 is 1.35 bits per heavy atom. The SMILES string of the molecule is CC(C)=CCCC=P(c1ccccc1)(c1ccccc1)c1ccccc1. The van der Waals surface area contributed by atoms with E-state index in [-0.39, 0.29) is 0 Å². The maximum Gasteiger partial charge on any atom is -0.0163 e. The number of hydrogen-bond donors (Lipinski definition) is 0. The van der Waals surface area contributed by atoms with Crippen LogP contribution in [0.25, 0.3) is 0 Å². The van der Waals surface area contributed by atoms with Gasteiger partial charge in [0.1, 0.15) is 0 Å². The quantitative estimate of drug-likeness (QED) is 0.309. The van der Waals surface area contributed by atoms with Gasteiger partial charge in [-0.1, -0.05) is 108 Å². The standard InChI is InChI=1S/C25H27P/c1-22(2)14-12-13-21-26(23-15-6-3-7-16-23,24-17-8-4-9-18-24)25-19-10-5-11-20-25/h3-11,14-21H,12-13H2,1-2H3. The third kappa shape index (κ3) is 4.09. The van der Waals surface area contributed by atoms with Crippen LogP contribution in [-0.4, -0.2) is 5.80 Å². The highest BCUT2D eigenvalue weighted by atomic mass is 31.2. The van der Waals surface area contributed by atoms with Gasteiger partial charge < -0.3 is 0 Å². The molecule has 0 bridgehead atoms. The lowest BCUT2D eigenvalue weighted by Crippen LogP contribution is -2.26. The number of allylic oxidation sites excluding steroid dienone is 2. The molecule has 0 radical (unpaired) electrons. The Morgan fingerprint density at radius 2 is 1.00 bits per heavy atom. The Morgan fingerprint density at radius 1 is 0.615 bits per heavy atom. The smallest absolute Gasteiger partial charge is 0.0163 e. The molecule has 0 atom stereocenters. The summed E-state index contributed by atoms with van der Waals surface area (Å²) in [5.74, 6) is 2.60. The predicted molar refractivity (Wildman–Crippen MR) is 120 cm³/mol. The molecular weight excluding hydrogens is 331 g/mol. The molecule has 0 saturated carbocycles. The molecule has 0 fully saturated rings. The van der Waals surface area contributed by atoms with E-state index in [1.54, 1.807) is 0 Å². The van der Waals surface area contributed by atoms with E-state index >= 15 is 0 Å². The molecule has 0 aliphatic carbocycles. The third-order valence-electron chi connectivity index (χ3n) is 4.61. The van der Waals surface area contributed by atoms with Crippen molar-refractivity contribution in [2.75, 3.05) is 0 Å². The first-order chi connectivity index (χ1) is 12.7. The summed E-state index contributed by atoms with van der Waals surface area (Å²) in [6, 6.07) is 33.1. The minimum absolute atomic E-state index is 1.08. The van der Waals surface area contributed by atoms with Gasteiger partial charge in [0.25, 0.3) is 0 Å². The lowest BCUT2D eigenvalue weighted by Gasteiger charge is -2.29. The van der Waals surface area contributed by atoms with Crippen LogP contribution in [0.2, 0.25) is 0 Å². The largest absolute Gasteiger partial charge is 0.0856 e. The minimum atomic E-state index is -1.77. The van der Waals surface area contributed by atoms with Crippen molar-refractivity contribution < 1.29 is 0 Å². The van der Waals surface area contributed by atoms with Crippen LogP contribution < -0.4 is 15.9 Å². The normalized spacial score (nSPS) is 11.0. The van der Waals surface area contributed by atoms with Crippen LogP contribution in [0.1, 0.15) is 26.7 Å². The van der Waals surface area contributed by atoms with Crippen molar-refractivity contribution >= 4 is 28.6 Å². The molecule has 0 amide bonds. The zero-order valence-corrected chi connectivity index (χ0v) is 16.6. The van der Waals surface area contributed by atoms with E-state index in [1.165, 1.54) is 21.5 Å². The van der Waals surface area contributed by atoms with E-state index in [1.807, 2.05) is 0 Å². The van der Waals surface area contributed by atoms with E-state index < -0.39 is 6.89 Å². The second-order valence-electron chi connectivity index (χ2n) is 6.77. The van der Waals surface area contributed by atoms with Gasteiger partial charge >= 0.3 is 0 Å². The first-order valence-electron chi connectivity index (χ1n) is 9.27. The van der Waals surface area contributed by atoms with Crippen molar-refractivity contribution in [1.82, 2.24) is 0 Å². The van der Waals surface area contributed by atoms with Crippen molar-refractivity contribution in [2.24, 2.45) is 0 Å². The van der Waals surface area contributed by atoms with Gasteiger partial charge in [0.05, 0.1) is 0 Å². The molecule has 3 aromatic rings. The second kappa shape index (κ2) is 8.88. The number of benzene rings is 3. The average molecular weight is 358 g/mol. The summed E-state index contributed by atoms with van der Waals surface area (Å²) < 4.78 is 0. The molecule has 0 spiro atoms. The second-order valence-corrected chi connectivity index (χ2v) is 10.1. The zero-order valence-electron chi connectivity index (χ0n) is 15.7. The molecule has 0 saturated heterocycles. The topological polar surface area (TPSA) is 0 Å². The van der Waals surface area contributed by atoms with E-state index in [0.717, 1.165) is 12.8 Å². The molecule has 132 valence electrons. The summed E-state index contributed by atoms with van der Waals surface area (Å²) in [5, 5.41) is 4.28. The van der Waals surface area contributed by atoms with Crippen molar-refractivity contribution in [1.29, 1.82) is 0 Å². The summed E-state index contributed by atoms with van der Waals surface area (Å²) in [4.78, 5) is 0. The van der Waals surface area contributed by atoms with Crippen LogP contribution in [-0.2, 0) is 0 Å². The molecule has 1 heteroatoms. The molecule has 0 aromatic heterocycles. The van der Waals surface area contributed by atoms with Gasteiger partial charge in [0, 0.05) is 0 Å². The van der Waals surface area contributed by atoms with E-state index in [0.29, 0.717) is 0 Å². The molecule has 0 N–H and O–H groups in total. The average Bonchev–Trinajstić information content (AvgIpc) is 2.70. The molecule has 0 nitrogen and oxygen atoms in total. The van der Waals surface area contributed by atoms with Gasteiger partial charge in [0.2, 0.25) is 0 Å². The Kier molecular flexibility index (Phi) is 6.31. The summed E-state index contributed by atoms with van der Waals surface area (Å²) >= 11 is 0. The number of rotatable bonds is 6. The van der Waals surface area contributed by atoms with Gasteiger partial charge in [-0.15, -0.1) is 0 Å². The van der Waals surface area contributed by atoms with Gasteiger partial charge in [-0.25, -0.2) is 0 Å². The molecule has 0 unspecified atom stereocenters. The highest BCUT2D eigenvalue weighted by Gasteiger charge is 2.23. The van der Waals surface area contributed by atoms with Crippen LogP contribution in [0, 0.1) is 0 Å². The Balaban J connectivity index is 2.25. The maximum atomic E-state index is 2.60. The molecule has 0 aliphatic heterocycles. The van der Waals surface area contributed by atoms with Crippen molar-refractivity contribution in [2.45, 2.75) is 26.7 Å². The van der Waals surface area contributed by atoms with Crippen LogP contribution in [0.3, 0.4) is 0 Å². The highest BCUT2D eigenvalue weighted by Crippen LogP contribution is 2.43. The van der Waals surface area contributed by atoms with Crippen LogP contribution in [0.15, 0.2) is 103 Å². The third-order valence-corrected chi connectivity index (χ3v) is 8.76. The Bertz CT molecular complexity index is 783.